The van der Waals surface area contributed by atoms with Crippen LogP contribution in [0.3, 0.4) is 0 Å². The second kappa shape index (κ2) is 60.7. The Morgan fingerprint density at radius 2 is 0.650 bits per heavy atom. The molecule has 80 heavy (non-hydrogen) atoms. The van der Waals surface area contributed by atoms with E-state index in [1.807, 2.05) is 0 Å². The SMILES string of the molecule is CC/C=C\C/C=C\C/C=C\C/C=C\C/C=C\CCCCCC(=O)OC(COC(=O)CCCCCCCC/C=C\C/C=C\C/C=C\C/C=C\CC)COP(=O)(O)OCC(CO)OC(=O)CCCCCCC/C=C\C/C=C\CCCCC. The average molecular weight is 1140 g/mol. The van der Waals surface area contributed by atoms with E-state index in [0.29, 0.717) is 19.3 Å². The van der Waals surface area contributed by atoms with Crippen molar-refractivity contribution in [3.05, 3.63) is 134 Å². The number of hydrogen-bond acceptors (Lipinski definition) is 10. The van der Waals surface area contributed by atoms with Gasteiger partial charge in [-0.1, -0.05) is 219 Å². The average Bonchev–Trinajstić information content (AvgIpc) is 3.45. The number of rotatable bonds is 56. The topological polar surface area (TPSA) is 155 Å². The minimum absolute atomic E-state index is 0.117. The highest BCUT2D eigenvalue weighted by atomic mass is 31.2. The molecule has 2 N–H and O–H groups in total. The number of unbranched alkanes of at least 4 members (excludes halogenated alkanes) is 17. The first-order valence-electron chi connectivity index (χ1n) is 31.1. The fraction of sp³-hybridized carbons (Fsp3) is 0.632. The van der Waals surface area contributed by atoms with Crippen molar-refractivity contribution in [3.63, 3.8) is 0 Å². The molecule has 3 atom stereocenters. The maximum Gasteiger partial charge on any atom is 0.472 e. The zero-order valence-electron chi connectivity index (χ0n) is 50.2. The van der Waals surface area contributed by atoms with E-state index in [2.05, 4.69) is 154 Å². The Morgan fingerprint density at radius 1 is 0.362 bits per heavy atom. The fourth-order valence-electron chi connectivity index (χ4n) is 7.87. The van der Waals surface area contributed by atoms with E-state index in [-0.39, 0.29) is 25.9 Å². The lowest BCUT2D eigenvalue weighted by molar-refractivity contribution is -0.161. The Labute approximate surface area is 487 Å². The van der Waals surface area contributed by atoms with Gasteiger partial charge in [-0.2, -0.15) is 0 Å². The number of hydrogen-bond donors (Lipinski definition) is 2. The number of carbonyl (C=O) groups excluding carboxylic acids is 3. The summed E-state index contributed by atoms with van der Waals surface area (Å²) in [5, 5.41) is 9.84. The van der Waals surface area contributed by atoms with Gasteiger partial charge in [0.15, 0.2) is 6.10 Å². The first kappa shape index (κ1) is 75.6. The van der Waals surface area contributed by atoms with Crippen LogP contribution in [-0.4, -0.2) is 66.5 Å². The first-order chi connectivity index (χ1) is 39.2. The van der Waals surface area contributed by atoms with Crippen LogP contribution in [-0.2, 0) is 42.2 Å². The maximum absolute atomic E-state index is 12.9. The third kappa shape index (κ3) is 58.3. The van der Waals surface area contributed by atoms with Crippen LogP contribution < -0.4 is 0 Å². The van der Waals surface area contributed by atoms with E-state index in [0.717, 1.165) is 161 Å². The number of ether oxygens (including phenoxy) is 3. The van der Waals surface area contributed by atoms with Gasteiger partial charge in [0, 0.05) is 19.3 Å². The highest BCUT2D eigenvalue weighted by Crippen LogP contribution is 2.43. The second-order valence-electron chi connectivity index (χ2n) is 20.1. The molecular weight excluding hydrogens is 1020 g/mol. The molecule has 0 heterocycles. The van der Waals surface area contributed by atoms with Crippen molar-refractivity contribution in [1.29, 1.82) is 0 Å². The molecule has 0 amide bonds. The summed E-state index contributed by atoms with van der Waals surface area (Å²) in [6.07, 6.45) is 76.8. The summed E-state index contributed by atoms with van der Waals surface area (Å²) >= 11 is 0. The van der Waals surface area contributed by atoms with Crippen LogP contribution in [0.1, 0.15) is 239 Å². The fourth-order valence-corrected chi connectivity index (χ4v) is 8.66. The molecule has 11 nitrogen and oxygen atoms in total. The molecule has 12 heteroatoms. The molecule has 0 rings (SSSR count). The standard InChI is InChI=1S/C68H111O11P/c1-4-7-10-13-16-19-22-25-28-30-32-34-37-39-42-45-48-51-54-57-66(70)75-61-65(79-68(72)59-56-53-50-47-44-41-38-35-33-31-29-26-23-20-17-14-11-8-5-2)63-77-80(73,74)76-62-64(60-69)78-67(71)58-55-52-49-46-43-40-36-27-24-21-18-15-12-9-6-3/h7-8,10-11,16-21,25-29,32-36,41,44,64-65,69H,4-6,9,12-15,22-24,30-31,37-40,42-43,45-63H2,1-3H3,(H,73,74)/b10-7-,11-8-,19-16-,20-17-,21-18-,28-25-,29-26-,34-32-,35-33-,36-27-,44-41-. The Hall–Kier alpha value is -4.38. The van der Waals surface area contributed by atoms with Crippen LogP contribution >= 0.6 is 7.82 Å². The minimum atomic E-state index is -4.78. The molecule has 0 spiro atoms. The van der Waals surface area contributed by atoms with Crippen molar-refractivity contribution in [2.75, 3.05) is 26.4 Å². The molecule has 454 valence electrons. The predicted molar refractivity (Wildman–Crippen MR) is 334 cm³/mol. The Kier molecular flexibility index (Phi) is 57.4. The largest absolute Gasteiger partial charge is 0.472 e. The zero-order chi connectivity index (χ0) is 58.3. The van der Waals surface area contributed by atoms with Crippen LogP contribution in [0.2, 0.25) is 0 Å². The number of phosphoric ester groups is 1. The van der Waals surface area contributed by atoms with Crippen molar-refractivity contribution in [1.82, 2.24) is 0 Å². The summed E-state index contributed by atoms with van der Waals surface area (Å²) < 4.78 is 39.6. The van der Waals surface area contributed by atoms with Gasteiger partial charge in [-0.05, 0) is 135 Å². The number of phosphoric acid groups is 1. The monoisotopic (exact) mass is 1130 g/mol. The van der Waals surface area contributed by atoms with Gasteiger partial charge in [0.2, 0.25) is 0 Å². The molecule has 0 aromatic carbocycles. The first-order valence-corrected chi connectivity index (χ1v) is 32.6. The molecule has 0 aliphatic heterocycles. The van der Waals surface area contributed by atoms with Gasteiger partial charge in [0.25, 0.3) is 0 Å². The molecule has 0 aliphatic carbocycles. The van der Waals surface area contributed by atoms with Gasteiger partial charge < -0.3 is 24.2 Å². The number of esters is 3. The molecule has 0 saturated heterocycles. The molecule has 0 radical (unpaired) electrons. The number of aliphatic hydroxyl groups excluding tert-OH is 1. The van der Waals surface area contributed by atoms with Gasteiger partial charge in [0.05, 0.1) is 19.8 Å². The van der Waals surface area contributed by atoms with Gasteiger partial charge in [0.1, 0.15) is 12.7 Å². The highest BCUT2D eigenvalue weighted by molar-refractivity contribution is 7.47. The molecule has 3 unspecified atom stereocenters. The molecule has 0 fully saturated rings. The maximum atomic E-state index is 12.9. The van der Waals surface area contributed by atoms with Crippen molar-refractivity contribution in [2.45, 2.75) is 251 Å². The van der Waals surface area contributed by atoms with Gasteiger partial charge >= 0.3 is 25.7 Å². The summed E-state index contributed by atoms with van der Waals surface area (Å²) in [5.74, 6) is -1.55. The lowest BCUT2D eigenvalue weighted by Gasteiger charge is -2.21. The highest BCUT2D eigenvalue weighted by Gasteiger charge is 2.28. The van der Waals surface area contributed by atoms with Crippen molar-refractivity contribution in [2.24, 2.45) is 0 Å². The normalized spacial score (nSPS) is 14.2. The lowest BCUT2D eigenvalue weighted by atomic mass is 10.1. The zero-order valence-corrected chi connectivity index (χ0v) is 51.1. The van der Waals surface area contributed by atoms with Crippen LogP contribution in [0.4, 0.5) is 0 Å². The van der Waals surface area contributed by atoms with Crippen LogP contribution in [0.25, 0.3) is 0 Å². The summed E-state index contributed by atoms with van der Waals surface area (Å²) in [5.41, 5.74) is 0. The van der Waals surface area contributed by atoms with Crippen molar-refractivity contribution in [3.8, 4) is 0 Å². The van der Waals surface area contributed by atoms with Gasteiger partial charge in [-0.3, -0.25) is 23.4 Å². The van der Waals surface area contributed by atoms with Crippen LogP contribution in [0, 0.1) is 0 Å². The van der Waals surface area contributed by atoms with Gasteiger partial charge in [-0.25, -0.2) is 4.57 Å². The number of aliphatic hydroxyl groups is 1. The van der Waals surface area contributed by atoms with E-state index in [9.17, 15) is 28.9 Å². The molecule has 0 aromatic heterocycles. The van der Waals surface area contributed by atoms with Gasteiger partial charge in [-0.15, -0.1) is 0 Å². The molecule has 0 aliphatic rings. The number of carbonyl (C=O) groups is 3. The third-order valence-corrected chi connectivity index (χ3v) is 13.5. The minimum Gasteiger partial charge on any atom is -0.462 e. The second-order valence-corrected chi connectivity index (χ2v) is 21.6. The van der Waals surface area contributed by atoms with E-state index in [1.54, 1.807) is 0 Å². The van der Waals surface area contributed by atoms with Crippen molar-refractivity contribution >= 4 is 25.7 Å². The van der Waals surface area contributed by atoms with E-state index < -0.39 is 57.8 Å². The Balaban J connectivity index is 4.84. The van der Waals surface area contributed by atoms with E-state index >= 15 is 0 Å². The summed E-state index contributed by atoms with van der Waals surface area (Å²) in [6.45, 7) is 4.32. The van der Waals surface area contributed by atoms with Crippen LogP contribution in [0.15, 0.2) is 134 Å². The van der Waals surface area contributed by atoms with Crippen molar-refractivity contribution < 1.29 is 52.2 Å². The van der Waals surface area contributed by atoms with E-state index in [1.165, 1.54) is 19.3 Å². The summed E-state index contributed by atoms with van der Waals surface area (Å²) in [6, 6.07) is 0. The lowest BCUT2D eigenvalue weighted by Crippen LogP contribution is -2.30. The Bertz CT molecular complexity index is 1850. The smallest absolute Gasteiger partial charge is 0.462 e. The summed E-state index contributed by atoms with van der Waals surface area (Å²) in [4.78, 5) is 48.7. The summed E-state index contributed by atoms with van der Waals surface area (Å²) in [7, 11) is -4.78. The predicted octanol–water partition coefficient (Wildman–Crippen LogP) is 18.9. The third-order valence-electron chi connectivity index (χ3n) is 12.5. The van der Waals surface area contributed by atoms with Crippen LogP contribution in [0.5, 0.6) is 0 Å². The number of allylic oxidation sites excluding steroid dienone is 22. The quantitative estimate of drug-likeness (QED) is 0.0197. The molecule has 0 bridgehead atoms. The molecule has 0 saturated carbocycles. The Morgan fingerprint density at radius 3 is 1.01 bits per heavy atom. The van der Waals surface area contributed by atoms with E-state index in [4.69, 9.17) is 23.3 Å². The molecule has 0 aromatic rings. The molecular formula is C68H111O11P.